The minimum Gasteiger partial charge on any atom is -0.354 e. The molecule has 2 amide bonds. The number of amides is 2. The van der Waals surface area contributed by atoms with Crippen LogP contribution < -0.4 is 16.0 Å². The van der Waals surface area contributed by atoms with Gasteiger partial charge < -0.3 is 16.0 Å². The Kier molecular flexibility index (Phi) is 10.3. The number of benzene rings is 1. The molecular formula is C17H28ClN3O2. The summed E-state index contributed by atoms with van der Waals surface area (Å²) in [4.78, 5) is 24.5. The van der Waals surface area contributed by atoms with Crippen molar-refractivity contribution < 1.29 is 9.59 Å². The summed E-state index contributed by atoms with van der Waals surface area (Å²) in [5, 5.41) is 8.73. The zero-order valence-electron chi connectivity index (χ0n) is 14.3. The van der Waals surface area contributed by atoms with E-state index < -0.39 is 6.04 Å². The van der Waals surface area contributed by atoms with Gasteiger partial charge in [-0.1, -0.05) is 31.5 Å². The summed E-state index contributed by atoms with van der Waals surface area (Å²) in [5.74, 6) is -0.325. The minimum atomic E-state index is -0.525. The fourth-order valence-electron chi connectivity index (χ4n) is 2.05. The number of rotatable bonds is 8. The van der Waals surface area contributed by atoms with Crippen LogP contribution in [0.5, 0.6) is 0 Å². The normalized spacial score (nSPS) is 11.5. The summed E-state index contributed by atoms with van der Waals surface area (Å²) < 4.78 is 0. The second-order valence-electron chi connectivity index (χ2n) is 5.81. The first-order valence-corrected chi connectivity index (χ1v) is 7.75. The first kappa shape index (κ1) is 21.4. The second kappa shape index (κ2) is 11.0. The van der Waals surface area contributed by atoms with E-state index in [2.05, 4.69) is 16.0 Å². The van der Waals surface area contributed by atoms with Crippen LogP contribution in [0.2, 0.25) is 0 Å². The van der Waals surface area contributed by atoms with Gasteiger partial charge >= 0.3 is 0 Å². The van der Waals surface area contributed by atoms with Gasteiger partial charge in [-0.25, -0.2) is 0 Å². The number of hydrogen-bond acceptors (Lipinski definition) is 3. The molecule has 1 aromatic carbocycles. The van der Waals surface area contributed by atoms with Crippen LogP contribution in [0.25, 0.3) is 0 Å². The third kappa shape index (κ3) is 7.48. The van der Waals surface area contributed by atoms with Crippen molar-refractivity contribution in [2.45, 2.75) is 33.2 Å². The van der Waals surface area contributed by atoms with E-state index >= 15 is 0 Å². The number of carbonyl (C=O) groups is 2. The largest absolute Gasteiger partial charge is 0.354 e. The lowest BCUT2D eigenvalue weighted by Gasteiger charge is -2.21. The molecule has 1 aromatic rings. The topological polar surface area (TPSA) is 70.2 Å². The van der Waals surface area contributed by atoms with E-state index in [0.717, 1.165) is 18.5 Å². The summed E-state index contributed by atoms with van der Waals surface area (Å²) in [5.41, 5.74) is 1.67. The van der Waals surface area contributed by atoms with Crippen molar-refractivity contribution in [3.8, 4) is 0 Å². The molecule has 0 aliphatic carbocycles. The summed E-state index contributed by atoms with van der Waals surface area (Å²) in [6, 6.07) is 6.79. The molecule has 0 fully saturated rings. The van der Waals surface area contributed by atoms with Gasteiger partial charge in [-0.3, -0.25) is 9.59 Å². The second-order valence-corrected chi connectivity index (χ2v) is 5.81. The molecule has 1 atom stereocenters. The lowest BCUT2D eigenvalue weighted by atomic mass is 10.0. The molecule has 0 saturated heterocycles. The van der Waals surface area contributed by atoms with Gasteiger partial charge in [-0.05, 0) is 45.0 Å². The smallest absolute Gasteiger partial charge is 0.251 e. The van der Waals surface area contributed by atoms with Crippen molar-refractivity contribution in [3.05, 3.63) is 35.4 Å². The third-order valence-electron chi connectivity index (χ3n) is 3.45. The predicted molar refractivity (Wildman–Crippen MR) is 96.1 cm³/mol. The number of hydrogen-bond donors (Lipinski definition) is 3. The Balaban J connectivity index is 0.00000484. The zero-order valence-corrected chi connectivity index (χ0v) is 15.1. The molecule has 23 heavy (non-hydrogen) atoms. The summed E-state index contributed by atoms with van der Waals surface area (Å²) in [6.07, 6.45) is 0.860. The quantitative estimate of drug-likeness (QED) is 0.632. The number of nitrogens with one attached hydrogen (secondary N) is 3. The highest BCUT2D eigenvalue weighted by Crippen LogP contribution is 2.07. The number of halogens is 1. The third-order valence-corrected chi connectivity index (χ3v) is 3.45. The van der Waals surface area contributed by atoms with Crippen LogP contribution in [0, 0.1) is 12.8 Å². The van der Waals surface area contributed by atoms with Gasteiger partial charge in [0.05, 0.1) is 0 Å². The fourth-order valence-corrected chi connectivity index (χ4v) is 2.05. The Labute approximate surface area is 145 Å². The highest BCUT2D eigenvalue weighted by atomic mass is 35.5. The van der Waals surface area contributed by atoms with Gasteiger partial charge in [0.2, 0.25) is 5.91 Å². The van der Waals surface area contributed by atoms with Gasteiger partial charge in [0.1, 0.15) is 6.04 Å². The first-order chi connectivity index (χ1) is 10.5. The van der Waals surface area contributed by atoms with Crippen molar-refractivity contribution in [2.75, 3.05) is 20.1 Å². The van der Waals surface area contributed by atoms with Crippen LogP contribution in [-0.4, -0.2) is 38.0 Å². The van der Waals surface area contributed by atoms with E-state index in [1.54, 1.807) is 12.1 Å². The molecular weight excluding hydrogens is 314 g/mol. The standard InChI is InChI=1S/C17H27N3O2.ClH/c1-12(2)15(17(22)19-11-5-10-18-4)20-16(21)14-8-6-13(3)7-9-14;/h6-9,12,15,18H,5,10-11H2,1-4H3,(H,19,22)(H,20,21);1H. The molecule has 0 spiro atoms. The molecule has 5 nitrogen and oxygen atoms in total. The monoisotopic (exact) mass is 341 g/mol. The SMILES string of the molecule is CNCCCNC(=O)C(NC(=O)c1ccc(C)cc1)C(C)C.Cl. The molecule has 0 aromatic heterocycles. The van der Waals surface area contributed by atoms with Crippen LogP contribution in [0.15, 0.2) is 24.3 Å². The molecule has 0 radical (unpaired) electrons. The minimum absolute atomic E-state index is 0. The Morgan fingerprint density at radius 1 is 1.09 bits per heavy atom. The number of aryl methyl sites for hydroxylation is 1. The van der Waals surface area contributed by atoms with Crippen molar-refractivity contribution in [2.24, 2.45) is 5.92 Å². The lowest BCUT2D eigenvalue weighted by Crippen LogP contribution is -2.50. The maximum absolute atomic E-state index is 12.3. The van der Waals surface area contributed by atoms with Gasteiger partial charge in [-0.15, -0.1) is 12.4 Å². The maximum Gasteiger partial charge on any atom is 0.251 e. The predicted octanol–water partition coefficient (Wildman–Crippen LogP) is 1.90. The van der Waals surface area contributed by atoms with Gasteiger partial charge in [0.25, 0.3) is 5.91 Å². The van der Waals surface area contributed by atoms with E-state index in [1.165, 1.54) is 0 Å². The number of carbonyl (C=O) groups excluding carboxylic acids is 2. The zero-order chi connectivity index (χ0) is 16.5. The highest BCUT2D eigenvalue weighted by Gasteiger charge is 2.24. The van der Waals surface area contributed by atoms with Crippen molar-refractivity contribution >= 4 is 24.2 Å². The highest BCUT2D eigenvalue weighted by molar-refractivity contribution is 5.97. The van der Waals surface area contributed by atoms with E-state index in [9.17, 15) is 9.59 Å². The van der Waals surface area contributed by atoms with Gasteiger partial charge in [0, 0.05) is 12.1 Å². The molecule has 6 heteroatoms. The Morgan fingerprint density at radius 2 is 1.70 bits per heavy atom. The summed E-state index contributed by atoms with van der Waals surface area (Å²) in [7, 11) is 1.88. The van der Waals surface area contributed by atoms with E-state index in [1.807, 2.05) is 40.0 Å². The van der Waals surface area contributed by atoms with Crippen molar-refractivity contribution in [1.29, 1.82) is 0 Å². The van der Waals surface area contributed by atoms with Crippen molar-refractivity contribution in [3.63, 3.8) is 0 Å². The molecule has 130 valence electrons. The first-order valence-electron chi connectivity index (χ1n) is 7.75. The van der Waals surface area contributed by atoms with Gasteiger partial charge in [-0.2, -0.15) is 0 Å². The molecule has 1 rings (SSSR count). The van der Waals surface area contributed by atoms with E-state index in [4.69, 9.17) is 0 Å². The average Bonchev–Trinajstić information content (AvgIpc) is 2.49. The Bertz CT molecular complexity index is 489. The molecule has 0 saturated carbocycles. The fraction of sp³-hybridized carbons (Fsp3) is 0.529. The molecule has 0 heterocycles. The molecule has 0 aliphatic heterocycles. The van der Waals surface area contributed by atoms with E-state index in [0.29, 0.717) is 12.1 Å². The molecule has 0 aliphatic rings. The van der Waals surface area contributed by atoms with Crippen LogP contribution in [-0.2, 0) is 4.79 Å². The summed E-state index contributed by atoms with van der Waals surface area (Å²) >= 11 is 0. The lowest BCUT2D eigenvalue weighted by molar-refractivity contribution is -0.123. The molecule has 0 bridgehead atoms. The van der Waals surface area contributed by atoms with Gasteiger partial charge in [0.15, 0.2) is 0 Å². The maximum atomic E-state index is 12.3. The Hall–Kier alpha value is -1.59. The van der Waals surface area contributed by atoms with Crippen molar-refractivity contribution in [1.82, 2.24) is 16.0 Å². The van der Waals surface area contributed by atoms with Crippen LogP contribution >= 0.6 is 12.4 Å². The van der Waals surface area contributed by atoms with E-state index in [-0.39, 0.29) is 30.1 Å². The van der Waals surface area contributed by atoms with Crippen LogP contribution in [0.3, 0.4) is 0 Å². The van der Waals surface area contributed by atoms with Crippen LogP contribution in [0.4, 0.5) is 0 Å². The molecule has 3 N–H and O–H groups in total. The average molecular weight is 342 g/mol. The molecule has 1 unspecified atom stereocenters. The Morgan fingerprint density at radius 3 is 2.22 bits per heavy atom. The van der Waals surface area contributed by atoms with Crippen LogP contribution in [0.1, 0.15) is 36.2 Å². The summed E-state index contributed by atoms with van der Waals surface area (Å²) in [6.45, 7) is 7.27.